The quantitative estimate of drug-likeness (QED) is 0.770. The van der Waals surface area contributed by atoms with Crippen LogP contribution in [0.4, 0.5) is 5.13 Å². The summed E-state index contributed by atoms with van der Waals surface area (Å²) in [4.78, 5) is 23.7. The van der Waals surface area contributed by atoms with Crippen LogP contribution < -0.4 is 10.6 Å². The summed E-state index contributed by atoms with van der Waals surface area (Å²) in [5.41, 5.74) is 2.22. The summed E-state index contributed by atoms with van der Waals surface area (Å²) >= 11 is 1.37. The second-order valence-electron chi connectivity index (χ2n) is 5.56. The number of aryl methyl sites for hydroxylation is 2. The van der Waals surface area contributed by atoms with Gasteiger partial charge in [-0.2, -0.15) is 0 Å². The average Bonchev–Trinajstić information content (AvgIpc) is 3.00. The second kappa shape index (κ2) is 9.12. The number of nitrogens with zero attached hydrogens (tertiary/aromatic N) is 2. The van der Waals surface area contributed by atoms with Gasteiger partial charge in [-0.25, -0.2) is 0 Å². The molecule has 1 aromatic heterocycles. The molecule has 0 fully saturated rings. The second-order valence-corrected chi connectivity index (χ2v) is 6.62. The molecular weight excluding hydrogens is 324 g/mol. The Labute approximate surface area is 145 Å². The van der Waals surface area contributed by atoms with Gasteiger partial charge in [-0.15, -0.1) is 10.2 Å². The van der Waals surface area contributed by atoms with Gasteiger partial charge < -0.3 is 10.6 Å². The van der Waals surface area contributed by atoms with Gasteiger partial charge in [-0.05, 0) is 18.9 Å². The first-order chi connectivity index (χ1) is 11.6. The molecule has 0 aliphatic carbocycles. The van der Waals surface area contributed by atoms with Crippen LogP contribution in [0.3, 0.4) is 0 Å². The molecule has 0 saturated carbocycles. The Balaban J connectivity index is 1.68. The van der Waals surface area contributed by atoms with Crippen LogP contribution in [0, 0.1) is 6.92 Å². The fraction of sp³-hybridized carbons (Fsp3) is 0.412. The van der Waals surface area contributed by atoms with Crippen LogP contribution in [0.5, 0.6) is 0 Å². The van der Waals surface area contributed by atoms with Crippen LogP contribution >= 0.6 is 11.3 Å². The molecule has 24 heavy (non-hydrogen) atoms. The Morgan fingerprint density at radius 2 is 1.79 bits per heavy atom. The molecule has 0 saturated heterocycles. The van der Waals surface area contributed by atoms with Crippen LogP contribution in [0.25, 0.3) is 0 Å². The number of amides is 2. The highest BCUT2D eigenvalue weighted by molar-refractivity contribution is 7.15. The first-order valence-corrected chi connectivity index (χ1v) is 8.83. The van der Waals surface area contributed by atoms with Gasteiger partial charge in [0.15, 0.2) is 0 Å². The Morgan fingerprint density at radius 1 is 1.08 bits per heavy atom. The Kier molecular flexibility index (Phi) is 6.87. The SMILES string of the molecule is CCCc1nnc(NC(=O)CCC(=O)NCc2ccc(C)cc2)s1. The maximum atomic E-state index is 11.8. The number of hydrogen-bond acceptors (Lipinski definition) is 5. The molecule has 7 heteroatoms. The van der Waals surface area contributed by atoms with E-state index in [2.05, 4.69) is 27.8 Å². The number of rotatable bonds is 8. The Hall–Kier alpha value is -2.28. The molecule has 2 amide bonds. The summed E-state index contributed by atoms with van der Waals surface area (Å²) in [6.07, 6.45) is 2.12. The molecule has 0 aliphatic heterocycles. The highest BCUT2D eigenvalue weighted by Crippen LogP contribution is 2.16. The Bertz CT molecular complexity index is 682. The third-order valence-corrected chi connectivity index (χ3v) is 4.26. The van der Waals surface area contributed by atoms with E-state index in [1.807, 2.05) is 31.2 Å². The van der Waals surface area contributed by atoms with Crippen molar-refractivity contribution >= 4 is 28.3 Å². The van der Waals surface area contributed by atoms with E-state index in [1.165, 1.54) is 16.9 Å². The van der Waals surface area contributed by atoms with E-state index in [4.69, 9.17) is 0 Å². The molecule has 2 rings (SSSR count). The lowest BCUT2D eigenvalue weighted by atomic mass is 10.1. The molecule has 1 heterocycles. The van der Waals surface area contributed by atoms with Crippen LogP contribution in [-0.2, 0) is 22.6 Å². The smallest absolute Gasteiger partial charge is 0.226 e. The fourth-order valence-corrected chi connectivity index (χ4v) is 2.88. The number of nitrogens with one attached hydrogen (secondary N) is 2. The van der Waals surface area contributed by atoms with Crippen molar-refractivity contribution in [3.8, 4) is 0 Å². The summed E-state index contributed by atoms with van der Waals surface area (Å²) in [7, 11) is 0. The van der Waals surface area contributed by atoms with E-state index >= 15 is 0 Å². The number of aromatic nitrogens is 2. The first kappa shape index (κ1) is 18.1. The van der Waals surface area contributed by atoms with Crippen molar-refractivity contribution in [2.75, 3.05) is 5.32 Å². The fourth-order valence-electron chi connectivity index (χ4n) is 2.02. The summed E-state index contributed by atoms with van der Waals surface area (Å²) in [5, 5.41) is 14.8. The van der Waals surface area contributed by atoms with Crippen molar-refractivity contribution in [1.29, 1.82) is 0 Å². The van der Waals surface area contributed by atoms with Crippen molar-refractivity contribution < 1.29 is 9.59 Å². The largest absolute Gasteiger partial charge is 0.352 e. The first-order valence-electron chi connectivity index (χ1n) is 8.01. The molecular formula is C17H22N4O2S. The zero-order chi connectivity index (χ0) is 17.4. The summed E-state index contributed by atoms with van der Waals surface area (Å²) in [6, 6.07) is 7.96. The zero-order valence-corrected chi connectivity index (χ0v) is 14.8. The van der Waals surface area contributed by atoms with Crippen LogP contribution in [0.2, 0.25) is 0 Å². The van der Waals surface area contributed by atoms with Gasteiger partial charge in [0.1, 0.15) is 5.01 Å². The molecule has 0 spiro atoms. The minimum absolute atomic E-state index is 0.127. The van der Waals surface area contributed by atoms with Gasteiger partial charge in [-0.3, -0.25) is 9.59 Å². The zero-order valence-electron chi connectivity index (χ0n) is 14.0. The van der Waals surface area contributed by atoms with Gasteiger partial charge in [0.2, 0.25) is 16.9 Å². The maximum Gasteiger partial charge on any atom is 0.226 e. The van der Waals surface area contributed by atoms with Crippen molar-refractivity contribution in [1.82, 2.24) is 15.5 Å². The monoisotopic (exact) mass is 346 g/mol. The van der Waals surface area contributed by atoms with E-state index in [0.717, 1.165) is 23.4 Å². The average molecular weight is 346 g/mol. The van der Waals surface area contributed by atoms with E-state index in [1.54, 1.807) is 0 Å². The van der Waals surface area contributed by atoms with E-state index < -0.39 is 0 Å². The lowest BCUT2D eigenvalue weighted by molar-refractivity contribution is -0.124. The highest BCUT2D eigenvalue weighted by Gasteiger charge is 2.10. The molecule has 0 bridgehead atoms. The van der Waals surface area contributed by atoms with Crippen LogP contribution in [-0.4, -0.2) is 22.0 Å². The Morgan fingerprint density at radius 3 is 2.50 bits per heavy atom. The predicted molar refractivity (Wildman–Crippen MR) is 94.8 cm³/mol. The molecule has 0 aliphatic rings. The lowest BCUT2D eigenvalue weighted by Crippen LogP contribution is -2.24. The summed E-state index contributed by atoms with van der Waals surface area (Å²) in [6.45, 7) is 4.55. The molecule has 0 unspecified atom stereocenters. The number of carbonyl (C=O) groups is 2. The van der Waals surface area contributed by atoms with Crippen LogP contribution in [0.15, 0.2) is 24.3 Å². The van der Waals surface area contributed by atoms with Crippen molar-refractivity contribution in [2.24, 2.45) is 0 Å². The highest BCUT2D eigenvalue weighted by atomic mass is 32.1. The predicted octanol–water partition coefficient (Wildman–Crippen LogP) is 2.83. The minimum Gasteiger partial charge on any atom is -0.352 e. The standard InChI is InChI=1S/C17H22N4O2S/c1-3-4-16-20-21-17(24-16)19-15(23)10-9-14(22)18-11-13-7-5-12(2)6-8-13/h5-8H,3-4,9-11H2,1-2H3,(H,18,22)(H,19,21,23). The van der Waals surface area contributed by atoms with Crippen LogP contribution in [0.1, 0.15) is 42.3 Å². The topological polar surface area (TPSA) is 84.0 Å². The molecule has 6 nitrogen and oxygen atoms in total. The van der Waals surface area contributed by atoms with E-state index in [0.29, 0.717) is 11.7 Å². The lowest BCUT2D eigenvalue weighted by Gasteiger charge is -2.05. The van der Waals surface area contributed by atoms with Gasteiger partial charge in [0, 0.05) is 25.8 Å². The third-order valence-electron chi connectivity index (χ3n) is 3.37. The molecule has 0 radical (unpaired) electrons. The molecule has 2 aromatic rings. The molecule has 1 aromatic carbocycles. The maximum absolute atomic E-state index is 11.8. The summed E-state index contributed by atoms with van der Waals surface area (Å²) < 4.78 is 0. The third kappa shape index (κ3) is 6.08. The minimum atomic E-state index is -0.223. The van der Waals surface area contributed by atoms with Crippen molar-refractivity contribution in [3.63, 3.8) is 0 Å². The number of carbonyl (C=O) groups excluding carboxylic acids is 2. The van der Waals surface area contributed by atoms with E-state index in [9.17, 15) is 9.59 Å². The number of hydrogen-bond donors (Lipinski definition) is 2. The van der Waals surface area contributed by atoms with Gasteiger partial charge in [-0.1, -0.05) is 48.1 Å². The van der Waals surface area contributed by atoms with Gasteiger partial charge in [0.25, 0.3) is 0 Å². The van der Waals surface area contributed by atoms with Crippen molar-refractivity contribution in [3.05, 3.63) is 40.4 Å². The summed E-state index contributed by atoms with van der Waals surface area (Å²) in [5.74, 6) is -0.366. The van der Waals surface area contributed by atoms with Gasteiger partial charge >= 0.3 is 0 Å². The molecule has 0 atom stereocenters. The number of anilines is 1. The normalized spacial score (nSPS) is 10.4. The number of benzene rings is 1. The van der Waals surface area contributed by atoms with Gasteiger partial charge in [0.05, 0.1) is 0 Å². The van der Waals surface area contributed by atoms with Crippen molar-refractivity contribution in [2.45, 2.75) is 46.1 Å². The molecule has 2 N–H and O–H groups in total. The molecule has 128 valence electrons. The van der Waals surface area contributed by atoms with E-state index in [-0.39, 0.29) is 24.7 Å².